The van der Waals surface area contributed by atoms with E-state index in [4.69, 9.17) is 9.47 Å². The van der Waals surface area contributed by atoms with Gasteiger partial charge in [-0.05, 0) is 92.4 Å². The summed E-state index contributed by atoms with van der Waals surface area (Å²) in [6.45, 7) is 5.54. The Morgan fingerprint density at radius 3 is 2.02 bits per heavy atom. The lowest BCUT2D eigenvalue weighted by molar-refractivity contribution is -0.143. The summed E-state index contributed by atoms with van der Waals surface area (Å²) in [6.07, 6.45) is -9.27. The average molecular weight is 596 g/mol. The molecule has 1 fully saturated rings. The highest BCUT2D eigenvalue weighted by Gasteiger charge is 2.38. The van der Waals surface area contributed by atoms with E-state index in [1.54, 1.807) is 0 Å². The molecule has 1 saturated heterocycles. The molecule has 42 heavy (non-hydrogen) atoms. The lowest BCUT2D eigenvalue weighted by Crippen LogP contribution is -2.47. The summed E-state index contributed by atoms with van der Waals surface area (Å²) in [6, 6.07) is 16.9. The highest BCUT2D eigenvalue weighted by Crippen LogP contribution is 2.38. The summed E-state index contributed by atoms with van der Waals surface area (Å²) >= 11 is 0. The van der Waals surface area contributed by atoms with Gasteiger partial charge in [0.15, 0.2) is 0 Å². The summed E-state index contributed by atoms with van der Waals surface area (Å²) in [5.41, 5.74) is -0.140. The van der Waals surface area contributed by atoms with Gasteiger partial charge in [0.2, 0.25) is 0 Å². The van der Waals surface area contributed by atoms with Crippen molar-refractivity contribution in [1.29, 1.82) is 0 Å². The minimum absolute atomic E-state index is 0.117. The molecule has 0 bridgehead atoms. The largest absolute Gasteiger partial charge is 0.491 e. The molecule has 1 aliphatic rings. The Morgan fingerprint density at radius 1 is 0.833 bits per heavy atom. The van der Waals surface area contributed by atoms with Crippen LogP contribution in [0.1, 0.15) is 46.2 Å². The van der Waals surface area contributed by atoms with Crippen LogP contribution in [0, 0.1) is 13.8 Å². The summed E-state index contributed by atoms with van der Waals surface area (Å²) in [5, 5.41) is 10.6. The number of likely N-dealkylation sites (tertiary alicyclic amines) is 1. The Bertz CT molecular complexity index is 1290. The number of aliphatic hydroxyl groups excluding tert-OH is 1. The molecule has 0 spiro atoms. The standard InChI is InChI=1S/C32H35F6NO3/c1-22-8-9-29(14-23(22)2)42-20-28(40)18-39-12-10-30(11-13-39,25-6-4-3-5-7-25)21-41-19-24-15-26(31(33,34)35)17-27(16-24)32(36,37)38/h3-9,14-17,28,40H,10-13,18-21H2,1-2H3. The molecule has 228 valence electrons. The Balaban J connectivity index is 1.39. The molecule has 10 heteroatoms. The number of piperidine rings is 1. The number of hydrogen-bond acceptors (Lipinski definition) is 4. The maximum atomic E-state index is 13.3. The number of alkyl halides is 6. The molecule has 1 N–H and O–H groups in total. The zero-order valence-electron chi connectivity index (χ0n) is 23.6. The summed E-state index contributed by atoms with van der Waals surface area (Å²) in [7, 11) is 0. The summed E-state index contributed by atoms with van der Waals surface area (Å²) in [5.74, 6) is 0.694. The highest BCUT2D eigenvalue weighted by molar-refractivity contribution is 5.34. The van der Waals surface area contributed by atoms with Crippen LogP contribution in [0.2, 0.25) is 0 Å². The van der Waals surface area contributed by atoms with Crippen molar-refractivity contribution in [1.82, 2.24) is 4.90 Å². The molecule has 4 nitrogen and oxygen atoms in total. The SMILES string of the molecule is Cc1ccc(OCC(O)CN2CCC(COCc3cc(C(F)(F)F)cc(C(F)(F)F)c3)(c3ccccc3)CC2)cc1C. The number of rotatable bonds is 10. The van der Waals surface area contributed by atoms with Gasteiger partial charge in [0.05, 0.1) is 24.3 Å². The molecule has 0 radical (unpaired) electrons. The number of nitrogens with zero attached hydrogens (tertiary/aromatic N) is 1. The van der Waals surface area contributed by atoms with Crippen molar-refractivity contribution >= 4 is 0 Å². The normalized spacial score (nSPS) is 16.8. The first-order valence-corrected chi connectivity index (χ1v) is 13.8. The van der Waals surface area contributed by atoms with E-state index in [0.29, 0.717) is 50.4 Å². The van der Waals surface area contributed by atoms with Crippen molar-refractivity contribution in [2.24, 2.45) is 0 Å². The van der Waals surface area contributed by atoms with Crippen molar-refractivity contribution in [2.45, 2.75) is 57.2 Å². The number of halogens is 6. The molecule has 1 aliphatic heterocycles. The smallest absolute Gasteiger partial charge is 0.416 e. The predicted octanol–water partition coefficient (Wildman–Crippen LogP) is 7.33. The maximum Gasteiger partial charge on any atom is 0.416 e. The molecule has 0 saturated carbocycles. The van der Waals surface area contributed by atoms with Crippen LogP contribution in [0.25, 0.3) is 0 Å². The number of hydrogen-bond donors (Lipinski definition) is 1. The fourth-order valence-corrected chi connectivity index (χ4v) is 5.29. The molecule has 0 aliphatic carbocycles. The molecule has 1 atom stereocenters. The van der Waals surface area contributed by atoms with Crippen LogP contribution < -0.4 is 4.74 Å². The van der Waals surface area contributed by atoms with Gasteiger partial charge >= 0.3 is 12.4 Å². The van der Waals surface area contributed by atoms with E-state index in [1.165, 1.54) is 0 Å². The lowest BCUT2D eigenvalue weighted by atomic mass is 9.73. The van der Waals surface area contributed by atoms with Crippen LogP contribution in [0.3, 0.4) is 0 Å². The zero-order valence-corrected chi connectivity index (χ0v) is 23.6. The minimum atomic E-state index is -4.91. The van der Waals surface area contributed by atoms with Crippen molar-refractivity contribution in [3.63, 3.8) is 0 Å². The molecular weight excluding hydrogens is 560 g/mol. The first-order valence-electron chi connectivity index (χ1n) is 13.8. The number of aliphatic hydroxyl groups is 1. The average Bonchev–Trinajstić information content (AvgIpc) is 2.94. The van der Waals surface area contributed by atoms with Crippen LogP contribution in [-0.2, 0) is 29.1 Å². The first kappa shape index (κ1) is 31.8. The van der Waals surface area contributed by atoms with Gasteiger partial charge in [0, 0.05) is 12.0 Å². The number of aryl methyl sites for hydroxylation is 2. The molecule has 4 rings (SSSR count). The molecule has 1 heterocycles. The van der Waals surface area contributed by atoms with Gasteiger partial charge in [-0.3, -0.25) is 0 Å². The third-order valence-electron chi connectivity index (χ3n) is 7.88. The van der Waals surface area contributed by atoms with Gasteiger partial charge in [-0.2, -0.15) is 26.3 Å². The molecular formula is C32H35F6NO3. The fourth-order valence-electron chi connectivity index (χ4n) is 5.29. The zero-order chi connectivity index (χ0) is 30.5. The summed E-state index contributed by atoms with van der Waals surface area (Å²) in [4.78, 5) is 2.12. The van der Waals surface area contributed by atoms with Gasteiger partial charge in [0.1, 0.15) is 18.5 Å². The molecule has 0 amide bonds. The molecule has 3 aromatic carbocycles. The second-order valence-corrected chi connectivity index (χ2v) is 11.1. The van der Waals surface area contributed by atoms with Crippen LogP contribution in [0.15, 0.2) is 66.7 Å². The first-order chi connectivity index (χ1) is 19.7. The predicted molar refractivity (Wildman–Crippen MR) is 147 cm³/mol. The maximum absolute atomic E-state index is 13.3. The molecule has 1 unspecified atom stereocenters. The fraction of sp³-hybridized carbons (Fsp3) is 0.438. The third kappa shape index (κ3) is 8.26. The Hall–Kier alpha value is -3.08. The van der Waals surface area contributed by atoms with Crippen LogP contribution in [-0.4, -0.2) is 49.0 Å². The van der Waals surface area contributed by atoms with E-state index in [0.717, 1.165) is 16.7 Å². The van der Waals surface area contributed by atoms with Gasteiger partial charge in [-0.1, -0.05) is 36.4 Å². The topological polar surface area (TPSA) is 41.9 Å². The van der Waals surface area contributed by atoms with E-state index in [-0.39, 0.29) is 31.5 Å². The summed E-state index contributed by atoms with van der Waals surface area (Å²) < 4.78 is 91.3. The second-order valence-electron chi connectivity index (χ2n) is 11.1. The third-order valence-corrected chi connectivity index (χ3v) is 7.88. The highest BCUT2D eigenvalue weighted by atomic mass is 19.4. The van der Waals surface area contributed by atoms with E-state index in [9.17, 15) is 31.4 Å². The molecule has 0 aromatic heterocycles. The second kappa shape index (κ2) is 13.1. The lowest BCUT2D eigenvalue weighted by Gasteiger charge is -2.42. The monoisotopic (exact) mass is 595 g/mol. The van der Waals surface area contributed by atoms with Crippen LogP contribution >= 0.6 is 0 Å². The van der Waals surface area contributed by atoms with Gasteiger partial charge in [-0.15, -0.1) is 0 Å². The van der Waals surface area contributed by atoms with Crippen molar-refractivity contribution in [3.05, 3.63) is 100 Å². The van der Waals surface area contributed by atoms with E-state index in [1.807, 2.05) is 62.4 Å². The number of ether oxygens (including phenoxy) is 2. The Morgan fingerprint density at radius 2 is 1.45 bits per heavy atom. The van der Waals surface area contributed by atoms with Gasteiger partial charge < -0.3 is 19.5 Å². The van der Waals surface area contributed by atoms with E-state index < -0.39 is 35.0 Å². The van der Waals surface area contributed by atoms with Crippen LogP contribution in [0.5, 0.6) is 5.75 Å². The number of β-amino-alcohol motifs (C(OH)–C–C–N with tert-alkyl or cyclic N) is 1. The minimum Gasteiger partial charge on any atom is -0.491 e. The molecule has 3 aromatic rings. The van der Waals surface area contributed by atoms with Crippen molar-refractivity contribution < 1.29 is 40.9 Å². The van der Waals surface area contributed by atoms with Crippen molar-refractivity contribution in [2.75, 3.05) is 32.8 Å². The van der Waals surface area contributed by atoms with E-state index >= 15 is 0 Å². The van der Waals surface area contributed by atoms with Crippen molar-refractivity contribution in [3.8, 4) is 5.75 Å². The quantitative estimate of drug-likeness (QED) is 0.249. The Labute approximate surface area is 241 Å². The van der Waals surface area contributed by atoms with Gasteiger partial charge in [0.25, 0.3) is 0 Å². The van der Waals surface area contributed by atoms with Crippen LogP contribution in [0.4, 0.5) is 26.3 Å². The van der Waals surface area contributed by atoms with E-state index in [2.05, 4.69) is 4.90 Å². The van der Waals surface area contributed by atoms with Gasteiger partial charge in [-0.25, -0.2) is 0 Å². The number of benzene rings is 3. The Kier molecular flexibility index (Phi) is 9.90.